The molecule has 0 aliphatic heterocycles. The van der Waals surface area contributed by atoms with Crippen molar-refractivity contribution in [2.45, 2.75) is 45.4 Å². The molecule has 1 aromatic carbocycles. The monoisotopic (exact) mass is 448 g/mol. The summed E-state index contributed by atoms with van der Waals surface area (Å²) in [4.78, 5) is 9.43. The van der Waals surface area contributed by atoms with Gasteiger partial charge in [-0.1, -0.05) is 44.2 Å². The molecule has 0 radical (unpaired) electrons. The zero-order valence-electron chi connectivity index (χ0n) is 19.3. The second-order valence-corrected chi connectivity index (χ2v) is 7.61. The summed E-state index contributed by atoms with van der Waals surface area (Å²) in [6.07, 6.45) is 4.21. The molecule has 0 spiro atoms. The third kappa shape index (κ3) is 4.53. The average Bonchev–Trinajstić information content (AvgIpc) is 3.53. The van der Waals surface area contributed by atoms with Crippen LogP contribution in [-0.2, 0) is 28.2 Å². The molecule has 0 atom stereocenters. The molecular formula is C23H28N8O2. The van der Waals surface area contributed by atoms with Gasteiger partial charge in [-0.05, 0) is 28.5 Å². The quantitative estimate of drug-likeness (QED) is 0.367. The fraction of sp³-hybridized carbons (Fsp3) is 0.391. The van der Waals surface area contributed by atoms with Crippen molar-refractivity contribution < 1.29 is 9.47 Å². The first-order valence-corrected chi connectivity index (χ1v) is 11.0. The number of hydrogen-bond donors (Lipinski definition) is 1. The molecule has 3 aromatic heterocycles. The van der Waals surface area contributed by atoms with Crippen LogP contribution in [-0.4, -0.2) is 54.6 Å². The molecule has 10 heteroatoms. The fourth-order valence-corrected chi connectivity index (χ4v) is 3.83. The number of hydrogen-bond acceptors (Lipinski definition) is 8. The van der Waals surface area contributed by atoms with Crippen LogP contribution in [0.5, 0.6) is 0 Å². The van der Waals surface area contributed by atoms with E-state index in [0.29, 0.717) is 24.6 Å². The van der Waals surface area contributed by atoms with E-state index in [1.807, 2.05) is 54.2 Å². The van der Waals surface area contributed by atoms with Crippen LogP contribution in [0.3, 0.4) is 0 Å². The predicted octanol–water partition coefficient (Wildman–Crippen LogP) is 3.38. The minimum absolute atomic E-state index is 0.503. The molecule has 0 aliphatic carbocycles. The number of methoxy groups -OCH3 is 2. The standard InChI is InChI=1S/C23H28N8O2/c1-5-9-20-25-22(23(6-2,32-3)33-4)28-31(20)15-17-13-12-16(14-24-17)18-10-7-8-11-19(18)21-26-29-30-27-21/h7-8,10-14H,5-6,9,15H2,1-4H3,(H,26,27,29,30). The first kappa shape index (κ1) is 22.7. The molecular weight excluding hydrogens is 420 g/mol. The van der Waals surface area contributed by atoms with Gasteiger partial charge in [0.2, 0.25) is 11.6 Å². The summed E-state index contributed by atoms with van der Waals surface area (Å²) >= 11 is 0. The largest absolute Gasteiger partial charge is 0.347 e. The van der Waals surface area contributed by atoms with E-state index in [1.54, 1.807) is 14.2 Å². The molecule has 4 aromatic rings. The van der Waals surface area contributed by atoms with Crippen LogP contribution in [0.25, 0.3) is 22.5 Å². The van der Waals surface area contributed by atoms with Gasteiger partial charge >= 0.3 is 0 Å². The zero-order valence-corrected chi connectivity index (χ0v) is 19.3. The van der Waals surface area contributed by atoms with Crippen LogP contribution in [0, 0.1) is 0 Å². The molecule has 10 nitrogen and oxygen atoms in total. The van der Waals surface area contributed by atoms with Crippen molar-refractivity contribution in [3.05, 3.63) is 59.9 Å². The van der Waals surface area contributed by atoms with Crippen molar-refractivity contribution in [3.8, 4) is 22.5 Å². The van der Waals surface area contributed by atoms with Gasteiger partial charge in [-0.25, -0.2) is 14.8 Å². The number of ether oxygens (including phenoxy) is 2. The smallest absolute Gasteiger partial charge is 0.231 e. The third-order valence-electron chi connectivity index (χ3n) is 5.66. The van der Waals surface area contributed by atoms with Gasteiger partial charge in [-0.15, -0.1) is 10.2 Å². The molecule has 0 saturated carbocycles. The Morgan fingerprint density at radius 1 is 1.03 bits per heavy atom. The van der Waals surface area contributed by atoms with Crippen molar-refractivity contribution >= 4 is 0 Å². The van der Waals surface area contributed by atoms with Crippen LogP contribution in [0.15, 0.2) is 42.6 Å². The van der Waals surface area contributed by atoms with E-state index < -0.39 is 5.79 Å². The summed E-state index contributed by atoms with van der Waals surface area (Å²) in [5.74, 6) is 1.08. The Balaban J connectivity index is 1.62. The highest BCUT2D eigenvalue weighted by Gasteiger charge is 2.35. The van der Waals surface area contributed by atoms with Crippen molar-refractivity contribution in [1.29, 1.82) is 0 Å². The van der Waals surface area contributed by atoms with Gasteiger partial charge in [0.05, 0.1) is 12.2 Å². The van der Waals surface area contributed by atoms with Crippen molar-refractivity contribution in [1.82, 2.24) is 40.4 Å². The summed E-state index contributed by atoms with van der Waals surface area (Å²) in [5.41, 5.74) is 3.77. The Labute approximate surface area is 192 Å². The lowest BCUT2D eigenvalue weighted by atomic mass is 10.0. The molecule has 33 heavy (non-hydrogen) atoms. The van der Waals surface area contributed by atoms with E-state index in [2.05, 4.69) is 27.5 Å². The summed E-state index contributed by atoms with van der Waals surface area (Å²) in [7, 11) is 3.22. The van der Waals surface area contributed by atoms with Crippen LogP contribution >= 0.6 is 0 Å². The van der Waals surface area contributed by atoms with Gasteiger partial charge in [0.1, 0.15) is 5.82 Å². The molecule has 3 heterocycles. The third-order valence-corrected chi connectivity index (χ3v) is 5.66. The molecule has 172 valence electrons. The Kier molecular flexibility index (Phi) is 6.85. The van der Waals surface area contributed by atoms with Gasteiger partial charge in [0.15, 0.2) is 5.82 Å². The maximum Gasteiger partial charge on any atom is 0.231 e. The number of benzene rings is 1. The minimum Gasteiger partial charge on any atom is -0.347 e. The van der Waals surface area contributed by atoms with Crippen molar-refractivity contribution in [2.75, 3.05) is 14.2 Å². The Morgan fingerprint density at radius 2 is 1.82 bits per heavy atom. The summed E-state index contributed by atoms with van der Waals surface area (Å²) in [6.45, 7) is 4.61. The maximum atomic E-state index is 5.63. The van der Waals surface area contributed by atoms with E-state index in [4.69, 9.17) is 24.5 Å². The SMILES string of the molecule is CCCc1nc(C(CC)(OC)OC)nn1Cc1ccc(-c2ccccc2-c2nnn[nH]2)cn1. The normalized spacial score (nSPS) is 11.8. The van der Waals surface area contributed by atoms with Gasteiger partial charge in [0.25, 0.3) is 0 Å². The van der Waals surface area contributed by atoms with Crippen molar-refractivity contribution in [3.63, 3.8) is 0 Å². The molecule has 0 amide bonds. The van der Waals surface area contributed by atoms with E-state index in [0.717, 1.165) is 41.1 Å². The fourth-order valence-electron chi connectivity index (χ4n) is 3.83. The Hall–Kier alpha value is -3.50. The molecule has 0 saturated heterocycles. The lowest BCUT2D eigenvalue weighted by Crippen LogP contribution is -2.31. The average molecular weight is 449 g/mol. The second-order valence-electron chi connectivity index (χ2n) is 7.61. The number of aryl methyl sites for hydroxylation is 1. The topological polar surface area (TPSA) is 117 Å². The Morgan fingerprint density at radius 3 is 2.42 bits per heavy atom. The van der Waals surface area contributed by atoms with Gasteiger partial charge in [-0.3, -0.25) is 4.98 Å². The van der Waals surface area contributed by atoms with E-state index in [-0.39, 0.29) is 0 Å². The maximum absolute atomic E-state index is 5.63. The molecule has 1 N–H and O–H groups in total. The number of pyridine rings is 1. The highest BCUT2D eigenvalue weighted by molar-refractivity contribution is 5.79. The molecule has 0 fully saturated rings. The van der Waals surface area contributed by atoms with E-state index >= 15 is 0 Å². The van der Waals surface area contributed by atoms with Crippen LogP contribution in [0.4, 0.5) is 0 Å². The number of nitrogens with zero attached hydrogens (tertiary/aromatic N) is 7. The van der Waals surface area contributed by atoms with Gasteiger partial charge in [-0.2, -0.15) is 0 Å². The first-order valence-electron chi connectivity index (χ1n) is 11.0. The van der Waals surface area contributed by atoms with E-state index in [1.165, 1.54) is 0 Å². The summed E-state index contributed by atoms with van der Waals surface area (Å²) < 4.78 is 13.2. The van der Waals surface area contributed by atoms with Crippen LogP contribution in [0.2, 0.25) is 0 Å². The lowest BCUT2D eigenvalue weighted by Gasteiger charge is -2.26. The number of aromatic nitrogens is 8. The molecule has 0 aliphatic rings. The van der Waals surface area contributed by atoms with Crippen molar-refractivity contribution in [2.24, 2.45) is 0 Å². The summed E-state index contributed by atoms with van der Waals surface area (Å²) in [6, 6.07) is 12.0. The minimum atomic E-state index is -0.954. The Bertz CT molecular complexity index is 1160. The number of aromatic amines is 1. The number of H-pyrrole nitrogens is 1. The van der Waals surface area contributed by atoms with Crippen LogP contribution in [0.1, 0.15) is 44.0 Å². The highest BCUT2D eigenvalue weighted by atomic mass is 16.7. The molecule has 4 rings (SSSR count). The van der Waals surface area contributed by atoms with Crippen LogP contribution < -0.4 is 0 Å². The molecule has 0 unspecified atom stereocenters. The molecule has 0 bridgehead atoms. The zero-order chi connectivity index (χ0) is 23.3. The first-order chi connectivity index (χ1) is 16.1. The van der Waals surface area contributed by atoms with E-state index in [9.17, 15) is 0 Å². The number of rotatable bonds is 10. The lowest BCUT2D eigenvalue weighted by molar-refractivity contribution is -0.222. The van der Waals surface area contributed by atoms with Gasteiger partial charge in [0, 0.05) is 44.4 Å². The highest BCUT2D eigenvalue weighted by Crippen LogP contribution is 2.30. The van der Waals surface area contributed by atoms with Gasteiger partial charge < -0.3 is 9.47 Å². The predicted molar refractivity (Wildman–Crippen MR) is 122 cm³/mol. The number of tetrazole rings is 1. The number of nitrogens with one attached hydrogen (secondary N) is 1. The second kappa shape index (κ2) is 9.97. The summed E-state index contributed by atoms with van der Waals surface area (Å²) in [5, 5.41) is 19.0.